The number of unbranched alkanes of at least 4 members (excludes halogenated alkanes) is 3. The van der Waals surface area contributed by atoms with Crippen molar-refractivity contribution in [3.63, 3.8) is 0 Å². The minimum absolute atomic E-state index is 0.178. The van der Waals surface area contributed by atoms with E-state index < -0.39 is 0 Å². The van der Waals surface area contributed by atoms with Crippen molar-refractivity contribution in [1.82, 2.24) is 5.32 Å². The van der Waals surface area contributed by atoms with E-state index in [9.17, 15) is 4.79 Å². The molecule has 7 heteroatoms. The Kier molecular flexibility index (Phi) is 8.22. The molecule has 30 heavy (non-hydrogen) atoms. The van der Waals surface area contributed by atoms with Crippen LogP contribution in [0.4, 0.5) is 5.69 Å². The molecule has 3 rings (SSSR count). The lowest BCUT2D eigenvalue weighted by molar-refractivity contribution is -0.115. The van der Waals surface area contributed by atoms with Gasteiger partial charge in [-0.2, -0.15) is 0 Å². The van der Waals surface area contributed by atoms with E-state index in [2.05, 4.69) is 17.2 Å². The second-order valence-corrected chi connectivity index (χ2v) is 8.24. The van der Waals surface area contributed by atoms with Crippen LogP contribution in [0.1, 0.15) is 38.2 Å². The summed E-state index contributed by atoms with van der Waals surface area (Å²) in [7, 11) is 1.62. The molecule has 1 heterocycles. The molecule has 0 aromatic heterocycles. The Labute approximate surface area is 186 Å². The van der Waals surface area contributed by atoms with Crippen LogP contribution >= 0.6 is 23.4 Å². The Morgan fingerprint density at radius 1 is 1.10 bits per heavy atom. The molecule has 0 saturated carbocycles. The number of rotatable bonds is 9. The smallest absolute Gasteiger partial charge is 0.264 e. The van der Waals surface area contributed by atoms with Crippen LogP contribution < -0.4 is 14.8 Å². The first-order valence-electron chi connectivity index (χ1n) is 9.95. The van der Waals surface area contributed by atoms with Gasteiger partial charge in [0.25, 0.3) is 5.91 Å². The van der Waals surface area contributed by atoms with Crippen molar-refractivity contribution < 1.29 is 14.3 Å². The normalized spacial score (nSPS) is 16.2. The SMILES string of the molecule is CCCCCCOc1ccc(C=C2SC(=Nc3ccc(Cl)cc3)NC2=O)cc1OC. The molecule has 0 radical (unpaired) electrons. The Balaban J connectivity index is 1.68. The minimum Gasteiger partial charge on any atom is -0.493 e. The highest BCUT2D eigenvalue weighted by Gasteiger charge is 2.24. The van der Waals surface area contributed by atoms with Crippen molar-refractivity contribution in [3.05, 3.63) is 58.0 Å². The number of amides is 1. The molecule has 2 aromatic rings. The lowest BCUT2D eigenvalue weighted by atomic mass is 10.2. The van der Waals surface area contributed by atoms with E-state index in [1.807, 2.05) is 24.3 Å². The highest BCUT2D eigenvalue weighted by molar-refractivity contribution is 8.18. The van der Waals surface area contributed by atoms with E-state index in [1.54, 1.807) is 31.4 Å². The molecule has 0 spiro atoms. The van der Waals surface area contributed by atoms with Gasteiger partial charge in [-0.25, -0.2) is 4.99 Å². The van der Waals surface area contributed by atoms with E-state index in [0.717, 1.165) is 24.1 Å². The zero-order valence-corrected chi connectivity index (χ0v) is 18.7. The fourth-order valence-electron chi connectivity index (χ4n) is 2.87. The fraction of sp³-hybridized carbons (Fsp3) is 0.304. The standard InChI is InChI=1S/C23H25ClN2O3S/c1-3-4-5-6-13-29-19-12-7-16(14-20(19)28-2)15-21-22(27)26-23(30-21)25-18-10-8-17(24)9-11-18/h7-12,14-15H,3-6,13H2,1-2H3,(H,25,26,27). The zero-order valence-electron chi connectivity index (χ0n) is 17.1. The van der Waals surface area contributed by atoms with E-state index in [0.29, 0.717) is 33.2 Å². The third-order valence-corrected chi connectivity index (χ3v) is 5.61. The number of carbonyl (C=O) groups excluding carboxylic acids is 1. The number of carbonyl (C=O) groups is 1. The summed E-state index contributed by atoms with van der Waals surface area (Å²) >= 11 is 7.19. The first-order valence-corrected chi connectivity index (χ1v) is 11.1. The van der Waals surface area contributed by atoms with Gasteiger partial charge in [0, 0.05) is 5.02 Å². The van der Waals surface area contributed by atoms with Gasteiger partial charge in [0.15, 0.2) is 16.7 Å². The summed E-state index contributed by atoms with van der Waals surface area (Å²) in [5.74, 6) is 1.19. The predicted molar refractivity (Wildman–Crippen MR) is 125 cm³/mol. The average molecular weight is 445 g/mol. The maximum Gasteiger partial charge on any atom is 0.264 e. The van der Waals surface area contributed by atoms with Crippen LogP contribution in [-0.4, -0.2) is 24.8 Å². The minimum atomic E-state index is -0.178. The third kappa shape index (κ3) is 6.28. The topological polar surface area (TPSA) is 59.9 Å². The Morgan fingerprint density at radius 3 is 2.63 bits per heavy atom. The van der Waals surface area contributed by atoms with Crippen LogP contribution in [0.15, 0.2) is 52.4 Å². The Hall–Kier alpha value is -2.44. The number of hydrogen-bond donors (Lipinski definition) is 1. The van der Waals surface area contributed by atoms with Crippen molar-refractivity contribution >= 4 is 46.2 Å². The summed E-state index contributed by atoms with van der Waals surface area (Å²) in [6, 6.07) is 12.8. The third-order valence-electron chi connectivity index (χ3n) is 4.45. The van der Waals surface area contributed by atoms with Gasteiger partial charge < -0.3 is 14.8 Å². The van der Waals surface area contributed by atoms with Crippen LogP contribution in [-0.2, 0) is 4.79 Å². The number of halogens is 1. The van der Waals surface area contributed by atoms with Crippen molar-refractivity contribution in [2.24, 2.45) is 4.99 Å². The largest absolute Gasteiger partial charge is 0.493 e. The molecule has 2 aromatic carbocycles. The van der Waals surface area contributed by atoms with E-state index >= 15 is 0 Å². The number of methoxy groups -OCH3 is 1. The zero-order chi connectivity index (χ0) is 21.3. The van der Waals surface area contributed by atoms with Crippen molar-refractivity contribution in [2.75, 3.05) is 13.7 Å². The second-order valence-electron chi connectivity index (χ2n) is 6.78. The molecule has 0 bridgehead atoms. The summed E-state index contributed by atoms with van der Waals surface area (Å²) in [4.78, 5) is 17.3. The van der Waals surface area contributed by atoms with Gasteiger partial charge in [0.05, 0.1) is 24.3 Å². The van der Waals surface area contributed by atoms with Gasteiger partial charge in [-0.1, -0.05) is 43.9 Å². The lowest BCUT2D eigenvalue weighted by Crippen LogP contribution is -2.19. The fourth-order valence-corrected chi connectivity index (χ4v) is 3.84. The van der Waals surface area contributed by atoms with Crippen molar-refractivity contribution in [2.45, 2.75) is 32.6 Å². The second kappa shape index (κ2) is 11.1. The van der Waals surface area contributed by atoms with Gasteiger partial charge in [0.1, 0.15) is 0 Å². The number of nitrogens with one attached hydrogen (secondary N) is 1. The van der Waals surface area contributed by atoms with Gasteiger partial charge in [-0.05, 0) is 66.2 Å². The van der Waals surface area contributed by atoms with Gasteiger partial charge >= 0.3 is 0 Å². The lowest BCUT2D eigenvalue weighted by Gasteiger charge is -2.11. The van der Waals surface area contributed by atoms with Crippen LogP contribution in [0.2, 0.25) is 5.02 Å². The molecule has 1 N–H and O–H groups in total. The molecule has 1 saturated heterocycles. The Morgan fingerprint density at radius 2 is 1.90 bits per heavy atom. The van der Waals surface area contributed by atoms with Gasteiger partial charge in [-0.3, -0.25) is 4.79 Å². The molecule has 5 nitrogen and oxygen atoms in total. The van der Waals surface area contributed by atoms with E-state index in [-0.39, 0.29) is 5.91 Å². The first-order chi connectivity index (χ1) is 14.6. The highest BCUT2D eigenvalue weighted by atomic mass is 35.5. The number of nitrogens with zero attached hydrogens (tertiary/aromatic N) is 1. The molecular formula is C23H25ClN2O3S. The number of thioether (sulfide) groups is 1. The molecule has 0 unspecified atom stereocenters. The molecule has 1 amide bonds. The summed E-state index contributed by atoms with van der Waals surface area (Å²) in [5, 5.41) is 3.97. The number of benzene rings is 2. The van der Waals surface area contributed by atoms with Crippen LogP contribution in [0.25, 0.3) is 6.08 Å². The van der Waals surface area contributed by atoms with Crippen LogP contribution in [0.5, 0.6) is 11.5 Å². The van der Waals surface area contributed by atoms with E-state index in [4.69, 9.17) is 21.1 Å². The maximum atomic E-state index is 12.3. The van der Waals surface area contributed by atoms with Crippen LogP contribution in [0, 0.1) is 0 Å². The number of ether oxygens (including phenoxy) is 2. The Bertz CT molecular complexity index is 942. The first kappa shape index (κ1) is 22.2. The molecular weight excluding hydrogens is 420 g/mol. The van der Waals surface area contributed by atoms with E-state index in [1.165, 1.54) is 24.6 Å². The maximum absolute atomic E-state index is 12.3. The van der Waals surface area contributed by atoms with Gasteiger partial charge in [-0.15, -0.1) is 0 Å². The number of amidine groups is 1. The van der Waals surface area contributed by atoms with Crippen LogP contribution in [0.3, 0.4) is 0 Å². The molecule has 1 aliphatic rings. The quantitative estimate of drug-likeness (QED) is 0.369. The molecule has 1 fully saturated rings. The summed E-state index contributed by atoms with van der Waals surface area (Å²) in [6.07, 6.45) is 6.42. The summed E-state index contributed by atoms with van der Waals surface area (Å²) in [6.45, 7) is 2.85. The molecule has 1 aliphatic heterocycles. The average Bonchev–Trinajstić information content (AvgIpc) is 3.08. The highest BCUT2D eigenvalue weighted by Crippen LogP contribution is 2.32. The van der Waals surface area contributed by atoms with Crippen molar-refractivity contribution in [1.29, 1.82) is 0 Å². The molecule has 0 atom stereocenters. The summed E-state index contributed by atoms with van der Waals surface area (Å²) in [5.41, 5.74) is 1.58. The monoisotopic (exact) mass is 444 g/mol. The molecule has 158 valence electrons. The number of hydrogen-bond acceptors (Lipinski definition) is 5. The predicted octanol–water partition coefficient (Wildman–Crippen LogP) is 6.20. The van der Waals surface area contributed by atoms with Crippen molar-refractivity contribution in [3.8, 4) is 11.5 Å². The molecule has 0 aliphatic carbocycles. The van der Waals surface area contributed by atoms with Gasteiger partial charge in [0.2, 0.25) is 0 Å². The number of aliphatic imine (C=N–C) groups is 1. The summed E-state index contributed by atoms with van der Waals surface area (Å²) < 4.78 is 11.3.